The van der Waals surface area contributed by atoms with Crippen molar-refractivity contribution >= 4 is 17.5 Å². The molecule has 8 heteroatoms. The van der Waals surface area contributed by atoms with Crippen molar-refractivity contribution in [2.24, 2.45) is 5.73 Å². The fraction of sp³-hybridized carbons (Fsp3) is 0.529. The summed E-state index contributed by atoms with van der Waals surface area (Å²) in [5, 5.41) is 2.41. The number of anilines is 1. The van der Waals surface area contributed by atoms with Gasteiger partial charge in [-0.1, -0.05) is 0 Å². The number of carbonyl (C=O) groups excluding carboxylic acids is 2. The Balaban J connectivity index is 1.65. The van der Waals surface area contributed by atoms with Gasteiger partial charge in [0, 0.05) is 31.7 Å². The quantitative estimate of drug-likeness (QED) is 0.826. The molecule has 1 aliphatic heterocycles. The molecule has 1 aromatic rings. The average molecular weight is 352 g/mol. The summed E-state index contributed by atoms with van der Waals surface area (Å²) in [5.74, 6) is -2.18. The van der Waals surface area contributed by atoms with Crippen LogP contribution in [0.4, 0.5) is 14.5 Å². The molecule has 2 fully saturated rings. The Hall–Kier alpha value is -2.06. The Labute approximate surface area is 144 Å². The molecule has 136 valence electrons. The van der Waals surface area contributed by atoms with E-state index in [1.165, 1.54) is 0 Å². The molecule has 3 N–H and O–H groups in total. The van der Waals surface area contributed by atoms with Gasteiger partial charge in [0.2, 0.25) is 11.8 Å². The first-order chi connectivity index (χ1) is 11.9. The third kappa shape index (κ3) is 3.96. The van der Waals surface area contributed by atoms with Crippen molar-refractivity contribution in [1.82, 2.24) is 9.80 Å². The maximum absolute atomic E-state index is 13.7. The van der Waals surface area contributed by atoms with Crippen molar-refractivity contribution in [3.63, 3.8) is 0 Å². The molecule has 0 spiro atoms. The van der Waals surface area contributed by atoms with Gasteiger partial charge in [0.1, 0.15) is 17.7 Å². The monoisotopic (exact) mass is 352 g/mol. The minimum atomic E-state index is -0.699. The molecular formula is C17H22F2N4O2. The van der Waals surface area contributed by atoms with E-state index in [1.807, 2.05) is 4.90 Å². The maximum Gasteiger partial charge on any atom is 0.241 e. The summed E-state index contributed by atoms with van der Waals surface area (Å²) < 4.78 is 26.9. The standard InChI is InChI=1S/C17H22F2N4O2/c1-10(17(25)21-14-8-11(18)2-5-13(14)19)22-6-7-23(12-3-4-12)15(9-22)16(20)24/h2,5,8,10,12,15H,3-4,6-7,9H2,1H3,(H2,20,24)(H,21,25). The van der Waals surface area contributed by atoms with Crippen LogP contribution >= 0.6 is 0 Å². The molecular weight excluding hydrogens is 330 g/mol. The molecule has 1 saturated carbocycles. The van der Waals surface area contributed by atoms with Crippen molar-refractivity contribution in [2.45, 2.75) is 37.9 Å². The molecule has 1 heterocycles. The van der Waals surface area contributed by atoms with Gasteiger partial charge in [-0.05, 0) is 31.9 Å². The zero-order valence-electron chi connectivity index (χ0n) is 14.0. The molecule has 6 nitrogen and oxygen atoms in total. The number of hydrogen-bond acceptors (Lipinski definition) is 4. The molecule has 2 aliphatic rings. The molecule has 1 aromatic carbocycles. The van der Waals surface area contributed by atoms with Crippen LogP contribution in [0.1, 0.15) is 19.8 Å². The number of amides is 2. The van der Waals surface area contributed by atoms with Gasteiger partial charge < -0.3 is 11.1 Å². The zero-order valence-corrected chi connectivity index (χ0v) is 14.0. The number of nitrogens with zero attached hydrogens (tertiary/aromatic N) is 2. The highest BCUT2D eigenvalue weighted by atomic mass is 19.1. The molecule has 0 bridgehead atoms. The SMILES string of the molecule is CC(C(=O)Nc1cc(F)ccc1F)N1CCN(C2CC2)C(C(N)=O)C1. The largest absolute Gasteiger partial charge is 0.368 e. The van der Waals surface area contributed by atoms with Crippen LogP contribution in [-0.4, -0.2) is 59.4 Å². The van der Waals surface area contributed by atoms with Crippen LogP contribution in [0.25, 0.3) is 0 Å². The number of nitrogens with two attached hydrogens (primary N) is 1. The number of nitrogens with one attached hydrogen (secondary N) is 1. The van der Waals surface area contributed by atoms with Crippen LogP contribution in [0.15, 0.2) is 18.2 Å². The fourth-order valence-electron chi connectivity index (χ4n) is 3.26. The summed E-state index contributed by atoms with van der Waals surface area (Å²) in [5.41, 5.74) is 5.33. The van der Waals surface area contributed by atoms with Gasteiger partial charge in [-0.2, -0.15) is 0 Å². The lowest BCUT2D eigenvalue weighted by atomic mass is 10.1. The predicted molar refractivity (Wildman–Crippen MR) is 88.7 cm³/mol. The normalized spacial score (nSPS) is 23.2. The third-order valence-corrected chi connectivity index (χ3v) is 4.91. The number of benzene rings is 1. The fourth-order valence-corrected chi connectivity index (χ4v) is 3.26. The predicted octanol–water partition coefficient (Wildman–Crippen LogP) is 0.926. The second kappa shape index (κ2) is 7.05. The third-order valence-electron chi connectivity index (χ3n) is 4.91. The van der Waals surface area contributed by atoms with Crippen molar-refractivity contribution in [2.75, 3.05) is 25.0 Å². The second-order valence-corrected chi connectivity index (χ2v) is 6.67. The van der Waals surface area contributed by atoms with Crippen LogP contribution in [0.3, 0.4) is 0 Å². The Morgan fingerprint density at radius 3 is 2.64 bits per heavy atom. The summed E-state index contributed by atoms with van der Waals surface area (Å²) in [6.45, 7) is 3.30. The van der Waals surface area contributed by atoms with E-state index < -0.39 is 35.5 Å². The zero-order chi connectivity index (χ0) is 18.1. The van der Waals surface area contributed by atoms with Crippen LogP contribution in [-0.2, 0) is 9.59 Å². The first kappa shape index (κ1) is 17.8. The Morgan fingerprint density at radius 1 is 1.28 bits per heavy atom. The van der Waals surface area contributed by atoms with Crippen molar-refractivity contribution < 1.29 is 18.4 Å². The van der Waals surface area contributed by atoms with Crippen LogP contribution < -0.4 is 11.1 Å². The van der Waals surface area contributed by atoms with Gasteiger partial charge in [0.05, 0.1) is 11.7 Å². The first-order valence-electron chi connectivity index (χ1n) is 8.42. The van der Waals surface area contributed by atoms with Crippen molar-refractivity contribution in [3.05, 3.63) is 29.8 Å². The van der Waals surface area contributed by atoms with Crippen LogP contribution in [0.5, 0.6) is 0 Å². The number of rotatable bonds is 5. The van der Waals surface area contributed by atoms with E-state index in [1.54, 1.807) is 6.92 Å². The smallest absolute Gasteiger partial charge is 0.241 e. The number of carbonyl (C=O) groups is 2. The lowest BCUT2D eigenvalue weighted by Crippen LogP contribution is -2.61. The first-order valence-corrected chi connectivity index (χ1v) is 8.42. The van der Waals surface area contributed by atoms with E-state index in [9.17, 15) is 18.4 Å². The highest BCUT2D eigenvalue weighted by Crippen LogP contribution is 2.30. The summed E-state index contributed by atoms with van der Waals surface area (Å²) in [6.07, 6.45) is 2.14. The van der Waals surface area contributed by atoms with Crippen LogP contribution in [0, 0.1) is 11.6 Å². The van der Waals surface area contributed by atoms with Gasteiger partial charge >= 0.3 is 0 Å². The van der Waals surface area contributed by atoms with E-state index in [4.69, 9.17) is 5.73 Å². The minimum absolute atomic E-state index is 0.195. The number of piperazine rings is 1. The highest BCUT2D eigenvalue weighted by Gasteiger charge is 2.41. The van der Waals surface area contributed by atoms with E-state index in [-0.39, 0.29) is 5.69 Å². The summed E-state index contributed by atoms with van der Waals surface area (Å²) in [4.78, 5) is 28.1. The summed E-state index contributed by atoms with van der Waals surface area (Å²) in [7, 11) is 0. The molecule has 25 heavy (non-hydrogen) atoms. The average Bonchev–Trinajstić information content (AvgIpc) is 3.41. The van der Waals surface area contributed by atoms with E-state index in [2.05, 4.69) is 10.2 Å². The molecule has 3 rings (SSSR count). The molecule has 1 saturated heterocycles. The number of halogens is 2. The van der Waals surface area contributed by atoms with Crippen LogP contribution in [0.2, 0.25) is 0 Å². The Bertz CT molecular complexity index is 681. The van der Waals surface area contributed by atoms with Crippen molar-refractivity contribution in [3.8, 4) is 0 Å². The van der Waals surface area contributed by atoms with Gasteiger partial charge in [0.25, 0.3) is 0 Å². The molecule has 1 aliphatic carbocycles. The Kier molecular flexibility index (Phi) is 5.01. The van der Waals surface area contributed by atoms with Gasteiger partial charge in [-0.3, -0.25) is 19.4 Å². The number of hydrogen-bond donors (Lipinski definition) is 2. The van der Waals surface area contributed by atoms with Gasteiger partial charge in [-0.15, -0.1) is 0 Å². The minimum Gasteiger partial charge on any atom is -0.368 e. The van der Waals surface area contributed by atoms with E-state index in [0.29, 0.717) is 25.7 Å². The highest BCUT2D eigenvalue weighted by molar-refractivity contribution is 5.94. The Morgan fingerprint density at radius 2 is 2.00 bits per heavy atom. The lowest BCUT2D eigenvalue weighted by molar-refractivity contribution is -0.129. The maximum atomic E-state index is 13.7. The van der Waals surface area contributed by atoms with E-state index in [0.717, 1.165) is 31.0 Å². The second-order valence-electron chi connectivity index (χ2n) is 6.67. The molecule has 2 unspecified atom stereocenters. The van der Waals surface area contributed by atoms with E-state index >= 15 is 0 Å². The summed E-state index contributed by atoms with van der Waals surface area (Å²) in [6, 6.07) is 2.28. The van der Waals surface area contributed by atoms with Gasteiger partial charge in [0.15, 0.2) is 0 Å². The molecule has 2 amide bonds. The van der Waals surface area contributed by atoms with Gasteiger partial charge in [-0.25, -0.2) is 8.78 Å². The molecule has 0 aromatic heterocycles. The van der Waals surface area contributed by atoms with Crippen molar-refractivity contribution in [1.29, 1.82) is 0 Å². The molecule has 0 radical (unpaired) electrons. The topological polar surface area (TPSA) is 78.7 Å². The summed E-state index contributed by atoms with van der Waals surface area (Å²) >= 11 is 0. The molecule has 2 atom stereocenters. The lowest BCUT2D eigenvalue weighted by Gasteiger charge is -2.42. The number of primary amides is 1.